The molecule has 5 nitrogen and oxygen atoms in total. The number of hydrogen-bond donors (Lipinski definition) is 0. The van der Waals surface area contributed by atoms with Gasteiger partial charge in [-0.2, -0.15) is 0 Å². The van der Waals surface area contributed by atoms with Crippen LogP contribution in [0.3, 0.4) is 0 Å². The minimum atomic E-state index is 0.164. The molecule has 5 heteroatoms. The summed E-state index contributed by atoms with van der Waals surface area (Å²) in [4.78, 5) is 19.0. The molecule has 1 fully saturated rings. The second-order valence-electron chi connectivity index (χ2n) is 8.95. The lowest BCUT2D eigenvalue weighted by Gasteiger charge is -2.40. The van der Waals surface area contributed by atoms with Gasteiger partial charge >= 0.3 is 0 Å². The fourth-order valence-electron chi connectivity index (χ4n) is 5.06. The van der Waals surface area contributed by atoms with E-state index < -0.39 is 0 Å². The second-order valence-corrected chi connectivity index (χ2v) is 8.95. The molecule has 0 N–H and O–H groups in total. The molecule has 3 aromatic rings. The highest BCUT2D eigenvalue weighted by atomic mass is 15.2. The number of piperidine rings is 1. The van der Waals surface area contributed by atoms with Gasteiger partial charge in [-0.3, -0.25) is 4.90 Å². The normalized spacial score (nSPS) is 21.0. The zero-order valence-electron chi connectivity index (χ0n) is 17.9. The Labute approximate surface area is 178 Å². The van der Waals surface area contributed by atoms with E-state index in [0.717, 1.165) is 43.3 Å². The van der Waals surface area contributed by atoms with Crippen LogP contribution in [0.15, 0.2) is 54.9 Å². The van der Waals surface area contributed by atoms with Gasteiger partial charge in [0.05, 0.1) is 5.69 Å². The minimum Gasteiger partial charge on any atom is -0.363 e. The van der Waals surface area contributed by atoms with Crippen LogP contribution in [0.2, 0.25) is 0 Å². The summed E-state index contributed by atoms with van der Waals surface area (Å²) in [6.07, 6.45) is 8.81. The van der Waals surface area contributed by atoms with E-state index >= 15 is 0 Å². The first-order valence-electron chi connectivity index (χ1n) is 10.9. The van der Waals surface area contributed by atoms with Crippen molar-refractivity contribution < 1.29 is 0 Å². The molecule has 2 aromatic heterocycles. The summed E-state index contributed by atoms with van der Waals surface area (Å²) in [5, 5.41) is 0. The zero-order valence-corrected chi connectivity index (χ0v) is 17.9. The van der Waals surface area contributed by atoms with E-state index in [0.29, 0.717) is 0 Å². The highest BCUT2D eigenvalue weighted by molar-refractivity contribution is 5.55. The van der Waals surface area contributed by atoms with E-state index in [9.17, 15) is 0 Å². The van der Waals surface area contributed by atoms with Crippen molar-refractivity contribution in [2.24, 2.45) is 0 Å². The summed E-state index contributed by atoms with van der Waals surface area (Å²) >= 11 is 0. The molecule has 1 saturated heterocycles. The molecule has 1 atom stereocenters. The topological polar surface area (TPSA) is 45.2 Å². The van der Waals surface area contributed by atoms with Crippen LogP contribution in [0.1, 0.15) is 36.1 Å². The van der Waals surface area contributed by atoms with Crippen molar-refractivity contribution in [1.82, 2.24) is 19.9 Å². The Kier molecular flexibility index (Phi) is 4.99. The molecule has 1 aromatic carbocycles. The summed E-state index contributed by atoms with van der Waals surface area (Å²) in [6.45, 7) is 3.16. The maximum atomic E-state index is 5.12. The number of aromatic nitrogens is 3. The Morgan fingerprint density at radius 3 is 2.63 bits per heavy atom. The van der Waals surface area contributed by atoms with Gasteiger partial charge < -0.3 is 4.90 Å². The third-order valence-corrected chi connectivity index (χ3v) is 6.60. The molecule has 0 amide bonds. The van der Waals surface area contributed by atoms with Crippen LogP contribution < -0.4 is 4.90 Å². The summed E-state index contributed by atoms with van der Waals surface area (Å²) in [6, 6.07) is 14.7. The van der Waals surface area contributed by atoms with Crippen LogP contribution in [0.25, 0.3) is 11.4 Å². The number of pyridine rings is 1. The van der Waals surface area contributed by atoms with Crippen molar-refractivity contribution in [2.45, 2.75) is 37.6 Å². The third-order valence-electron chi connectivity index (χ3n) is 6.60. The summed E-state index contributed by atoms with van der Waals surface area (Å²) < 4.78 is 0. The van der Waals surface area contributed by atoms with E-state index in [1.165, 1.54) is 36.1 Å². The van der Waals surface area contributed by atoms with Gasteiger partial charge in [-0.25, -0.2) is 15.0 Å². The molecule has 0 radical (unpaired) electrons. The third kappa shape index (κ3) is 3.58. The van der Waals surface area contributed by atoms with Crippen molar-refractivity contribution in [3.63, 3.8) is 0 Å². The van der Waals surface area contributed by atoms with Crippen LogP contribution >= 0.6 is 0 Å². The molecule has 154 valence electrons. The predicted octanol–water partition coefficient (Wildman–Crippen LogP) is 4.08. The number of rotatable bonds is 4. The zero-order chi connectivity index (χ0) is 20.6. The Bertz CT molecular complexity index is 1010. The summed E-state index contributed by atoms with van der Waals surface area (Å²) in [5.41, 5.74) is 5.18. The van der Waals surface area contributed by atoms with Gasteiger partial charge in [0.1, 0.15) is 5.82 Å². The van der Waals surface area contributed by atoms with E-state index in [1.54, 1.807) is 0 Å². The van der Waals surface area contributed by atoms with E-state index in [4.69, 9.17) is 4.98 Å². The molecule has 1 unspecified atom stereocenters. The average molecular weight is 400 g/mol. The quantitative estimate of drug-likeness (QED) is 0.661. The first kappa shape index (κ1) is 19.2. The average Bonchev–Trinajstić information content (AvgIpc) is 3.12. The fourth-order valence-corrected chi connectivity index (χ4v) is 5.06. The molecular weight excluding hydrogens is 370 g/mol. The van der Waals surface area contributed by atoms with Crippen molar-refractivity contribution in [3.8, 4) is 11.4 Å². The lowest BCUT2D eigenvalue weighted by atomic mass is 9.77. The highest BCUT2D eigenvalue weighted by Crippen LogP contribution is 2.44. The first-order chi connectivity index (χ1) is 14.6. The van der Waals surface area contributed by atoms with Crippen molar-refractivity contribution in [3.05, 3.63) is 71.7 Å². The molecule has 3 heterocycles. The number of benzene rings is 1. The standard InChI is InChI=1S/C25H29N5/c1-29(2)22-10-9-19(15-26-22)17-30-14-6-12-25(18-30)13-11-21-16-27-24(28-23(21)25)20-7-4-3-5-8-20/h3-5,7-10,15-16H,6,11-14,17-18H2,1-2H3. The number of aryl methyl sites for hydroxylation is 1. The maximum absolute atomic E-state index is 5.12. The van der Waals surface area contributed by atoms with Gasteiger partial charge in [0, 0.05) is 50.6 Å². The Balaban J connectivity index is 1.38. The van der Waals surface area contributed by atoms with Gasteiger partial charge in [-0.1, -0.05) is 36.4 Å². The van der Waals surface area contributed by atoms with Crippen molar-refractivity contribution in [1.29, 1.82) is 0 Å². The van der Waals surface area contributed by atoms with Crippen molar-refractivity contribution in [2.75, 3.05) is 32.1 Å². The second kappa shape index (κ2) is 7.80. The first-order valence-corrected chi connectivity index (χ1v) is 10.9. The molecule has 2 aliphatic rings. The van der Waals surface area contributed by atoms with E-state index in [2.05, 4.69) is 57.5 Å². The fraction of sp³-hybridized carbons (Fsp3) is 0.400. The number of likely N-dealkylation sites (tertiary alicyclic amines) is 1. The van der Waals surface area contributed by atoms with Crippen LogP contribution in [0.5, 0.6) is 0 Å². The SMILES string of the molecule is CN(C)c1ccc(CN2CCCC3(CCc4cnc(-c5ccccc5)nc43)C2)cn1. The number of hydrogen-bond acceptors (Lipinski definition) is 5. The molecule has 1 spiro atoms. The van der Waals surface area contributed by atoms with Crippen LogP contribution in [-0.4, -0.2) is 47.0 Å². The van der Waals surface area contributed by atoms with E-state index in [1.807, 2.05) is 31.3 Å². The maximum Gasteiger partial charge on any atom is 0.159 e. The summed E-state index contributed by atoms with van der Waals surface area (Å²) in [7, 11) is 4.05. The smallest absolute Gasteiger partial charge is 0.159 e. The lowest BCUT2D eigenvalue weighted by Crippen LogP contribution is -2.45. The Hall–Kier alpha value is -2.79. The van der Waals surface area contributed by atoms with Gasteiger partial charge in [0.15, 0.2) is 5.82 Å². The molecule has 0 bridgehead atoms. The van der Waals surface area contributed by atoms with Crippen LogP contribution in [-0.2, 0) is 18.4 Å². The molecule has 0 saturated carbocycles. The summed E-state index contributed by atoms with van der Waals surface area (Å²) in [5.74, 6) is 1.86. The Morgan fingerprint density at radius 1 is 1.00 bits per heavy atom. The minimum absolute atomic E-state index is 0.164. The van der Waals surface area contributed by atoms with Gasteiger partial charge in [0.2, 0.25) is 0 Å². The largest absolute Gasteiger partial charge is 0.363 e. The molecule has 5 rings (SSSR count). The highest BCUT2D eigenvalue weighted by Gasteiger charge is 2.43. The van der Waals surface area contributed by atoms with Crippen molar-refractivity contribution >= 4 is 5.82 Å². The molecular formula is C25H29N5. The molecule has 30 heavy (non-hydrogen) atoms. The monoisotopic (exact) mass is 399 g/mol. The van der Waals surface area contributed by atoms with Gasteiger partial charge in [0.25, 0.3) is 0 Å². The number of anilines is 1. The van der Waals surface area contributed by atoms with Gasteiger partial charge in [-0.15, -0.1) is 0 Å². The predicted molar refractivity (Wildman–Crippen MR) is 121 cm³/mol. The molecule has 1 aliphatic carbocycles. The van der Waals surface area contributed by atoms with Crippen LogP contribution in [0, 0.1) is 0 Å². The van der Waals surface area contributed by atoms with E-state index in [-0.39, 0.29) is 5.41 Å². The number of nitrogens with zero attached hydrogens (tertiary/aromatic N) is 5. The van der Waals surface area contributed by atoms with Crippen LogP contribution in [0.4, 0.5) is 5.82 Å². The lowest BCUT2D eigenvalue weighted by molar-refractivity contribution is 0.136. The molecule has 1 aliphatic heterocycles. The Morgan fingerprint density at radius 2 is 1.87 bits per heavy atom. The number of fused-ring (bicyclic) bond motifs is 2. The van der Waals surface area contributed by atoms with Gasteiger partial charge in [-0.05, 0) is 49.4 Å².